The van der Waals surface area contributed by atoms with Gasteiger partial charge in [0.1, 0.15) is 11.5 Å². The molecule has 0 aliphatic carbocycles. The molecule has 0 fully saturated rings. The molecular weight excluding hydrogens is 266 g/mol. The Balaban J connectivity index is 1.82. The maximum absolute atomic E-state index is 11.4. The van der Waals surface area contributed by atoms with Crippen LogP contribution >= 0.6 is 0 Å². The smallest absolute Gasteiger partial charge is 0.337 e. The first-order chi connectivity index (χ1) is 10.2. The fourth-order valence-corrected chi connectivity index (χ4v) is 2.25. The number of nitrogens with zero attached hydrogens (tertiary/aromatic N) is 3. The molecule has 0 saturated heterocycles. The maximum Gasteiger partial charge on any atom is 0.337 e. The SMILES string of the molecule is COC(=O)c1ccc(Cn2ccc3nc(C)nc-3c2)cc1. The second kappa shape index (κ2) is 5.36. The van der Waals surface area contributed by atoms with Gasteiger partial charge in [-0.1, -0.05) is 12.1 Å². The Morgan fingerprint density at radius 3 is 2.57 bits per heavy atom. The Bertz CT molecular complexity index is 747. The zero-order valence-electron chi connectivity index (χ0n) is 11.9. The zero-order chi connectivity index (χ0) is 14.8. The van der Waals surface area contributed by atoms with E-state index in [2.05, 4.69) is 14.7 Å². The highest BCUT2D eigenvalue weighted by molar-refractivity contribution is 5.89. The lowest BCUT2D eigenvalue weighted by Crippen LogP contribution is -2.03. The molecule has 0 aromatic heterocycles. The lowest BCUT2D eigenvalue weighted by Gasteiger charge is -2.08. The summed E-state index contributed by atoms with van der Waals surface area (Å²) < 4.78 is 6.73. The van der Waals surface area contributed by atoms with E-state index in [-0.39, 0.29) is 5.97 Å². The van der Waals surface area contributed by atoms with Crippen LogP contribution in [0.5, 0.6) is 0 Å². The van der Waals surface area contributed by atoms with Crippen molar-refractivity contribution in [3.05, 3.63) is 59.7 Å². The quantitative estimate of drug-likeness (QED) is 0.692. The highest BCUT2D eigenvalue weighted by Gasteiger charge is 2.09. The summed E-state index contributed by atoms with van der Waals surface area (Å²) in [5.41, 5.74) is 3.45. The lowest BCUT2D eigenvalue weighted by atomic mass is 10.1. The molecule has 21 heavy (non-hydrogen) atoms. The number of hydrogen-bond acceptors (Lipinski definition) is 4. The Morgan fingerprint density at radius 2 is 1.86 bits per heavy atom. The van der Waals surface area contributed by atoms with E-state index in [1.807, 2.05) is 42.1 Å². The Morgan fingerprint density at radius 1 is 1.14 bits per heavy atom. The maximum atomic E-state index is 11.4. The summed E-state index contributed by atoms with van der Waals surface area (Å²) in [6.07, 6.45) is 3.95. The van der Waals surface area contributed by atoms with Gasteiger partial charge in [0.05, 0.1) is 18.4 Å². The van der Waals surface area contributed by atoms with Gasteiger partial charge in [0.25, 0.3) is 0 Å². The molecule has 2 heterocycles. The van der Waals surface area contributed by atoms with Crippen LogP contribution in [0.4, 0.5) is 0 Å². The summed E-state index contributed by atoms with van der Waals surface area (Å²) in [4.78, 5) is 20.1. The first-order valence-corrected chi connectivity index (χ1v) is 6.63. The normalized spacial score (nSPS) is 10.8. The van der Waals surface area contributed by atoms with Gasteiger partial charge in [0, 0.05) is 18.9 Å². The van der Waals surface area contributed by atoms with Crippen LogP contribution in [0.3, 0.4) is 0 Å². The minimum atomic E-state index is -0.321. The minimum Gasteiger partial charge on any atom is -0.465 e. The predicted octanol–water partition coefficient (Wildman–Crippen LogP) is 2.53. The van der Waals surface area contributed by atoms with E-state index >= 15 is 0 Å². The second-order valence-electron chi connectivity index (χ2n) is 4.85. The first-order valence-electron chi connectivity index (χ1n) is 6.63. The molecule has 5 heteroatoms. The van der Waals surface area contributed by atoms with Gasteiger partial charge in [0.2, 0.25) is 0 Å². The third-order valence-electron chi connectivity index (χ3n) is 3.28. The van der Waals surface area contributed by atoms with Crippen LogP contribution in [-0.4, -0.2) is 27.6 Å². The van der Waals surface area contributed by atoms with Gasteiger partial charge < -0.3 is 9.30 Å². The molecule has 1 aromatic rings. The highest BCUT2D eigenvalue weighted by atomic mass is 16.5. The van der Waals surface area contributed by atoms with Crippen LogP contribution < -0.4 is 0 Å². The molecule has 3 rings (SSSR count). The average Bonchev–Trinajstić information content (AvgIpc) is 2.86. The molecule has 5 nitrogen and oxygen atoms in total. The molecule has 0 amide bonds. The van der Waals surface area contributed by atoms with Gasteiger partial charge in [-0.05, 0) is 30.7 Å². The van der Waals surface area contributed by atoms with Crippen LogP contribution in [0, 0.1) is 6.92 Å². The van der Waals surface area contributed by atoms with Crippen LogP contribution in [0.1, 0.15) is 21.7 Å². The number of benzene rings is 1. The molecule has 0 bridgehead atoms. The Labute approximate surface area is 122 Å². The fraction of sp³-hybridized carbons (Fsp3) is 0.188. The number of aryl methyl sites for hydroxylation is 1. The summed E-state index contributed by atoms with van der Waals surface area (Å²) in [6.45, 7) is 2.60. The molecule has 0 atom stereocenters. The van der Waals surface area contributed by atoms with E-state index in [1.54, 1.807) is 12.1 Å². The first kappa shape index (κ1) is 13.3. The van der Waals surface area contributed by atoms with Gasteiger partial charge in [-0.3, -0.25) is 0 Å². The summed E-state index contributed by atoms with van der Waals surface area (Å²) >= 11 is 0. The molecule has 106 valence electrons. The van der Waals surface area contributed by atoms with Crippen LogP contribution in [0.2, 0.25) is 0 Å². The zero-order valence-corrected chi connectivity index (χ0v) is 11.9. The Kier molecular flexibility index (Phi) is 3.39. The van der Waals surface area contributed by atoms with Gasteiger partial charge in [-0.2, -0.15) is 0 Å². The van der Waals surface area contributed by atoms with Gasteiger partial charge in [-0.15, -0.1) is 0 Å². The van der Waals surface area contributed by atoms with Crippen molar-refractivity contribution in [3.63, 3.8) is 0 Å². The number of rotatable bonds is 3. The van der Waals surface area contributed by atoms with Crippen molar-refractivity contribution in [2.45, 2.75) is 13.5 Å². The van der Waals surface area contributed by atoms with Crippen molar-refractivity contribution in [2.75, 3.05) is 7.11 Å². The molecule has 2 aliphatic rings. The minimum absolute atomic E-state index is 0.321. The molecule has 0 N–H and O–H groups in total. The van der Waals surface area contributed by atoms with Crippen molar-refractivity contribution in [3.8, 4) is 11.4 Å². The lowest BCUT2D eigenvalue weighted by molar-refractivity contribution is 0.0600. The summed E-state index contributed by atoms with van der Waals surface area (Å²) in [5.74, 6) is 0.461. The number of imidazole rings is 1. The number of pyridine rings is 1. The second-order valence-corrected chi connectivity index (χ2v) is 4.85. The summed E-state index contributed by atoms with van der Waals surface area (Å²) in [7, 11) is 1.38. The van der Waals surface area contributed by atoms with E-state index in [4.69, 9.17) is 0 Å². The van der Waals surface area contributed by atoms with Crippen molar-refractivity contribution in [2.24, 2.45) is 0 Å². The van der Waals surface area contributed by atoms with Crippen molar-refractivity contribution >= 4 is 5.97 Å². The number of methoxy groups -OCH3 is 1. The van der Waals surface area contributed by atoms with Gasteiger partial charge in [0.15, 0.2) is 0 Å². The number of ether oxygens (including phenoxy) is 1. The highest BCUT2D eigenvalue weighted by Crippen LogP contribution is 2.18. The molecule has 0 radical (unpaired) electrons. The number of carbonyl (C=O) groups is 1. The van der Waals surface area contributed by atoms with Crippen molar-refractivity contribution in [1.82, 2.24) is 14.5 Å². The number of esters is 1. The summed E-state index contributed by atoms with van der Waals surface area (Å²) in [5, 5.41) is 0. The molecule has 0 unspecified atom stereocenters. The Hall–Kier alpha value is -2.69. The van der Waals surface area contributed by atoms with E-state index in [9.17, 15) is 4.79 Å². The van der Waals surface area contributed by atoms with E-state index in [0.29, 0.717) is 12.1 Å². The number of carbonyl (C=O) groups excluding carboxylic acids is 1. The van der Waals surface area contributed by atoms with E-state index in [1.165, 1.54) is 7.11 Å². The summed E-state index contributed by atoms with van der Waals surface area (Å²) in [6, 6.07) is 9.34. The molecule has 2 aliphatic heterocycles. The van der Waals surface area contributed by atoms with Crippen molar-refractivity contribution < 1.29 is 9.53 Å². The van der Waals surface area contributed by atoms with Crippen LogP contribution in [0.25, 0.3) is 11.4 Å². The number of hydrogen-bond donors (Lipinski definition) is 0. The monoisotopic (exact) mass is 281 g/mol. The van der Waals surface area contributed by atoms with Gasteiger partial charge >= 0.3 is 5.97 Å². The van der Waals surface area contributed by atoms with Crippen LogP contribution in [0.15, 0.2) is 42.7 Å². The van der Waals surface area contributed by atoms with Gasteiger partial charge in [-0.25, -0.2) is 14.8 Å². The third-order valence-corrected chi connectivity index (χ3v) is 3.28. The topological polar surface area (TPSA) is 57.0 Å². The standard InChI is InChI=1S/C16H15N3O2/c1-11-17-14-7-8-19(10-15(14)18-11)9-12-3-5-13(6-4-12)16(20)21-2/h3-8,10H,9H2,1-2H3. The number of fused-ring (bicyclic) bond motifs is 1. The van der Waals surface area contributed by atoms with Crippen molar-refractivity contribution in [1.29, 1.82) is 0 Å². The average molecular weight is 281 g/mol. The van der Waals surface area contributed by atoms with E-state index < -0.39 is 0 Å². The fourth-order valence-electron chi connectivity index (χ4n) is 2.25. The largest absolute Gasteiger partial charge is 0.465 e. The molecule has 1 aromatic carbocycles. The third kappa shape index (κ3) is 2.76. The van der Waals surface area contributed by atoms with E-state index in [0.717, 1.165) is 22.8 Å². The molecule has 0 spiro atoms. The van der Waals surface area contributed by atoms with Crippen LogP contribution in [-0.2, 0) is 11.3 Å². The number of aromatic nitrogens is 3. The predicted molar refractivity (Wildman–Crippen MR) is 78.3 cm³/mol. The molecule has 0 saturated carbocycles. The molecular formula is C16H15N3O2.